The van der Waals surface area contributed by atoms with Gasteiger partial charge in [0.25, 0.3) is 0 Å². The van der Waals surface area contributed by atoms with Crippen LogP contribution in [0.1, 0.15) is 25.7 Å². The van der Waals surface area contributed by atoms with Gasteiger partial charge in [0, 0.05) is 12.5 Å². The summed E-state index contributed by atoms with van der Waals surface area (Å²) < 4.78 is 5.35. The van der Waals surface area contributed by atoms with Crippen LogP contribution in [-0.2, 0) is 4.79 Å². The van der Waals surface area contributed by atoms with E-state index >= 15 is 0 Å². The SMILES string of the molecule is O=CCCCCCOc1ccccc1[N+](=O)[O-]. The normalized spacial score (nSPS) is 9.88. The Morgan fingerprint density at radius 2 is 2.00 bits per heavy atom. The number of benzene rings is 1. The van der Waals surface area contributed by atoms with Gasteiger partial charge in [0.2, 0.25) is 0 Å². The maximum absolute atomic E-state index is 10.7. The van der Waals surface area contributed by atoms with Crippen molar-refractivity contribution >= 4 is 12.0 Å². The van der Waals surface area contributed by atoms with Gasteiger partial charge in [-0.15, -0.1) is 0 Å². The molecule has 0 aliphatic heterocycles. The molecule has 0 atom stereocenters. The van der Waals surface area contributed by atoms with Crippen molar-refractivity contribution < 1.29 is 14.5 Å². The molecule has 0 fully saturated rings. The molecule has 0 heterocycles. The fourth-order valence-electron chi connectivity index (χ4n) is 1.42. The lowest BCUT2D eigenvalue weighted by Gasteiger charge is -2.05. The second-order valence-electron chi connectivity index (χ2n) is 3.59. The van der Waals surface area contributed by atoms with E-state index in [1.54, 1.807) is 18.2 Å². The zero-order chi connectivity index (χ0) is 12.5. The molecule has 17 heavy (non-hydrogen) atoms. The summed E-state index contributed by atoms with van der Waals surface area (Å²) >= 11 is 0. The lowest BCUT2D eigenvalue weighted by Crippen LogP contribution is -2.00. The molecular weight excluding hydrogens is 222 g/mol. The minimum atomic E-state index is -0.457. The lowest BCUT2D eigenvalue weighted by atomic mass is 10.2. The van der Waals surface area contributed by atoms with E-state index in [1.807, 2.05) is 0 Å². The van der Waals surface area contributed by atoms with Gasteiger partial charge in [0.1, 0.15) is 6.29 Å². The Kier molecular flexibility index (Phi) is 5.71. The van der Waals surface area contributed by atoms with Crippen LogP contribution in [0.3, 0.4) is 0 Å². The quantitative estimate of drug-likeness (QED) is 0.301. The van der Waals surface area contributed by atoms with Crippen LogP contribution in [0.2, 0.25) is 0 Å². The molecule has 92 valence electrons. The summed E-state index contributed by atoms with van der Waals surface area (Å²) in [5, 5.41) is 10.7. The first-order chi connectivity index (χ1) is 8.25. The minimum Gasteiger partial charge on any atom is -0.487 e. The molecule has 0 aliphatic carbocycles. The molecule has 0 radical (unpaired) electrons. The molecule has 0 saturated heterocycles. The molecular formula is C12H15NO4. The minimum absolute atomic E-state index is 0.0135. The van der Waals surface area contributed by atoms with Crippen LogP contribution in [0, 0.1) is 10.1 Å². The summed E-state index contributed by atoms with van der Waals surface area (Å²) in [5.74, 6) is 0.299. The van der Waals surface area contributed by atoms with Gasteiger partial charge in [-0.1, -0.05) is 12.1 Å². The van der Waals surface area contributed by atoms with Gasteiger partial charge >= 0.3 is 5.69 Å². The molecule has 1 aromatic carbocycles. The largest absolute Gasteiger partial charge is 0.487 e. The van der Waals surface area contributed by atoms with E-state index in [-0.39, 0.29) is 5.69 Å². The highest BCUT2D eigenvalue weighted by atomic mass is 16.6. The van der Waals surface area contributed by atoms with E-state index in [0.717, 1.165) is 25.5 Å². The van der Waals surface area contributed by atoms with Crippen LogP contribution in [-0.4, -0.2) is 17.8 Å². The number of rotatable bonds is 8. The number of nitro benzene ring substituents is 1. The number of hydrogen-bond donors (Lipinski definition) is 0. The van der Waals surface area contributed by atoms with Crippen molar-refractivity contribution in [2.24, 2.45) is 0 Å². The summed E-state index contributed by atoms with van der Waals surface area (Å²) in [6.07, 6.45) is 3.97. The zero-order valence-corrected chi connectivity index (χ0v) is 9.50. The third-order valence-electron chi connectivity index (χ3n) is 2.29. The predicted octanol–water partition coefficient (Wildman–Crippen LogP) is 2.73. The third kappa shape index (κ3) is 4.63. The Bertz CT molecular complexity index is 379. The van der Waals surface area contributed by atoms with Gasteiger partial charge in [-0.05, 0) is 25.3 Å². The van der Waals surface area contributed by atoms with E-state index in [2.05, 4.69) is 0 Å². The number of aldehydes is 1. The Hall–Kier alpha value is -1.91. The second kappa shape index (κ2) is 7.38. The van der Waals surface area contributed by atoms with Crippen molar-refractivity contribution in [3.63, 3.8) is 0 Å². The molecule has 0 aromatic heterocycles. The highest BCUT2D eigenvalue weighted by Gasteiger charge is 2.12. The fourth-order valence-corrected chi connectivity index (χ4v) is 1.42. The summed E-state index contributed by atoms with van der Waals surface area (Å²) in [5.41, 5.74) is -0.0135. The third-order valence-corrected chi connectivity index (χ3v) is 2.29. The van der Waals surface area contributed by atoms with Crippen LogP contribution < -0.4 is 4.74 Å². The summed E-state index contributed by atoms with van der Waals surface area (Å²) in [7, 11) is 0. The highest BCUT2D eigenvalue weighted by Crippen LogP contribution is 2.25. The van der Waals surface area contributed by atoms with E-state index in [4.69, 9.17) is 4.74 Å². The number of unbranched alkanes of at least 4 members (excludes halogenated alkanes) is 3. The maximum atomic E-state index is 10.7. The molecule has 5 nitrogen and oxygen atoms in total. The van der Waals surface area contributed by atoms with Crippen molar-refractivity contribution in [3.8, 4) is 5.75 Å². The number of nitro groups is 1. The molecule has 0 spiro atoms. The Balaban J connectivity index is 2.36. The Morgan fingerprint density at radius 1 is 1.24 bits per heavy atom. The first kappa shape index (κ1) is 13.2. The molecule has 0 amide bonds. The molecule has 1 rings (SSSR count). The van der Waals surface area contributed by atoms with Gasteiger partial charge in [0.15, 0.2) is 5.75 Å². The number of hydrogen-bond acceptors (Lipinski definition) is 4. The summed E-state index contributed by atoms with van der Waals surface area (Å²) in [4.78, 5) is 20.3. The van der Waals surface area contributed by atoms with Gasteiger partial charge in [0.05, 0.1) is 11.5 Å². The lowest BCUT2D eigenvalue weighted by molar-refractivity contribution is -0.385. The average Bonchev–Trinajstić information content (AvgIpc) is 2.34. The fraction of sp³-hybridized carbons (Fsp3) is 0.417. The van der Waals surface area contributed by atoms with Crippen LogP contribution in [0.5, 0.6) is 5.75 Å². The average molecular weight is 237 g/mol. The van der Waals surface area contributed by atoms with Crippen LogP contribution >= 0.6 is 0 Å². The predicted molar refractivity (Wildman–Crippen MR) is 63.1 cm³/mol. The van der Waals surface area contributed by atoms with E-state index in [9.17, 15) is 14.9 Å². The van der Waals surface area contributed by atoms with E-state index in [0.29, 0.717) is 18.8 Å². The van der Waals surface area contributed by atoms with Crippen molar-refractivity contribution in [1.29, 1.82) is 0 Å². The van der Waals surface area contributed by atoms with Crippen LogP contribution in [0.25, 0.3) is 0 Å². The highest BCUT2D eigenvalue weighted by molar-refractivity contribution is 5.48. The van der Waals surface area contributed by atoms with Gasteiger partial charge in [-0.2, -0.15) is 0 Å². The zero-order valence-electron chi connectivity index (χ0n) is 9.50. The number of carbonyl (C=O) groups is 1. The van der Waals surface area contributed by atoms with Gasteiger partial charge < -0.3 is 9.53 Å². The first-order valence-electron chi connectivity index (χ1n) is 5.55. The van der Waals surface area contributed by atoms with Crippen molar-refractivity contribution in [3.05, 3.63) is 34.4 Å². The first-order valence-corrected chi connectivity index (χ1v) is 5.55. The molecule has 0 aliphatic rings. The van der Waals surface area contributed by atoms with Crippen molar-refractivity contribution in [2.75, 3.05) is 6.61 Å². The summed E-state index contributed by atoms with van der Waals surface area (Å²) in [6, 6.07) is 6.31. The standard InChI is InChI=1S/C12H15NO4/c14-9-5-1-2-6-10-17-12-8-4-3-7-11(12)13(15)16/h3-4,7-9H,1-2,5-6,10H2. The Morgan fingerprint density at radius 3 is 2.71 bits per heavy atom. The van der Waals surface area contributed by atoms with Crippen LogP contribution in [0.15, 0.2) is 24.3 Å². The topological polar surface area (TPSA) is 69.4 Å². The number of carbonyl (C=O) groups excluding carboxylic acids is 1. The molecule has 0 unspecified atom stereocenters. The molecule has 0 bridgehead atoms. The van der Waals surface area contributed by atoms with Crippen LogP contribution in [0.4, 0.5) is 5.69 Å². The molecule has 0 saturated carbocycles. The van der Waals surface area contributed by atoms with E-state index in [1.165, 1.54) is 6.07 Å². The molecule has 0 N–H and O–H groups in total. The number of nitrogens with zero attached hydrogens (tertiary/aromatic N) is 1. The van der Waals surface area contributed by atoms with Crippen molar-refractivity contribution in [1.82, 2.24) is 0 Å². The maximum Gasteiger partial charge on any atom is 0.310 e. The van der Waals surface area contributed by atoms with Crippen molar-refractivity contribution in [2.45, 2.75) is 25.7 Å². The molecule has 5 heteroatoms. The second-order valence-corrected chi connectivity index (χ2v) is 3.59. The van der Waals surface area contributed by atoms with Gasteiger partial charge in [-0.3, -0.25) is 10.1 Å². The van der Waals surface area contributed by atoms with Gasteiger partial charge in [-0.25, -0.2) is 0 Å². The Labute approximate surface area is 99.5 Å². The monoisotopic (exact) mass is 237 g/mol. The van der Waals surface area contributed by atoms with E-state index < -0.39 is 4.92 Å². The number of ether oxygens (including phenoxy) is 1. The molecule has 1 aromatic rings. The smallest absolute Gasteiger partial charge is 0.310 e. The number of para-hydroxylation sites is 2. The summed E-state index contributed by atoms with van der Waals surface area (Å²) in [6.45, 7) is 0.434.